The number of nitrogens with zero attached hydrogens (tertiary/aromatic N) is 1. The summed E-state index contributed by atoms with van der Waals surface area (Å²) >= 11 is 1.36. The van der Waals surface area contributed by atoms with E-state index in [0.717, 1.165) is 27.8 Å². The molecule has 3 aromatic carbocycles. The van der Waals surface area contributed by atoms with Crippen LogP contribution in [-0.2, 0) is 30.5 Å². The summed E-state index contributed by atoms with van der Waals surface area (Å²) in [4.78, 5) is 52.9. The number of benzene rings is 3. The number of nitrogens with one attached hydrogen (secondary N) is 1. The lowest BCUT2D eigenvalue weighted by molar-refractivity contribution is -0.152. The summed E-state index contributed by atoms with van der Waals surface area (Å²) < 4.78 is 11.0. The van der Waals surface area contributed by atoms with Gasteiger partial charge in [-0.15, -0.1) is 11.8 Å². The van der Waals surface area contributed by atoms with Gasteiger partial charge in [0.25, 0.3) is 0 Å². The lowest BCUT2D eigenvalue weighted by Gasteiger charge is -2.30. The Morgan fingerprint density at radius 3 is 2.17 bits per heavy atom. The number of thioether (sulfide) groups is 1. The average molecular weight is 589 g/mol. The number of hydrogen-bond donors (Lipinski definition) is 2. The maximum Gasteiger partial charge on any atom is 0.407 e. The fourth-order valence-electron chi connectivity index (χ4n) is 5.49. The zero-order chi connectivity index (χ0) is 29.6. The number of ether oxygens (including phenoxy) is 2. The summed E-state index contributed by atoms with van der Waals surface area (Å²) in [7, 11) is 0. The van der Waals surface area contributed by atoms with Gasteiger partial charge in [-0.3, -0.25) is 9.59 Å². The van der Waals surface area contributed by atoms with Crippen LogP contribution in [0.5, 0.6) is 0 Å². The third kappa shape index (κ3) is 6.28. The summed E-state index contributed by atoms with van der Waals surface area (Å²) in [6, 6.07) is 22.5. The minimum Gasteiger partial charge on any atom is -0.480 e. The van der Waals surface area contributed by atoms with Crippen molar-refractivity contribution in [2.45, 2.75) is 49.7 Å². The molecule has 1 heterocycles. The molecule has 1 aliphatic carbocycles. The van der Waals surface area contributed by atoms with Gasteiger partial charge >= 0.3 is 18.0 Å². The smallest absolute Gasteiger partial charge is 0.407 e. The number of esters is 1. The maximum atomic E-state index is 13.7. The lowest BCUT2D eigenvalue weighted by Crippen LogP contribution is -2.55. The first-order valence-electron chi connectivity index (χ1n) is 13.8. The third-order valence-electron chi connectivity index (χ3n) is 7.53. The summed E-state index contributed by atoms with van der Waals surface area (Å²) in [6.45, 7) is 1.87. The van der Waals surface area contributed by atoms with E-state index in [1.54, 1.807) is 12.1 Å². The molecule has 2 aliphatic rings. The minimum atomic E-state index is -1.36. The van der Waals surface area contributed by atoms with Gasteiger partial charge in [-0.2, -0.15) is 0 Å². The first-order valence-corrected chi connectivity index (χ1v) is 14.9. The predicted octanol–water partition coefficient (Wildman–Crippen LogP) is 4.79. The summed E-state index contributed by atoms with van der Waals surface area (Å²) in [5.41, 5.74) is 4.99. The number of carboxylic acids is 1. The second-order valence-corrected chi connectivity index (χ2v) is 11.4. The molecule has 42 heavy (non-hydrogen) atoms. The van der Waals surface area contributed by atoms with Crippen molar-refractivity contribution in [2.24, 2.45) is 0 Å². The van der Waals surface area contributed by atoms with Crippen LogP contribution in [0.1, 0.15) is 42.4 Å². The predicted molar refractivity (Wildman–Crippen MR) is 158 cm³/mol. The average Bonchev–Trinajstić information content (AvgIpc) is 3.58. The standard InChI is InChI=1S/C32H32N2O7S/c1-2-28-34(27(19-42-28)31(37)38)30(36)26(16-29(35)40-17-20-10-4-3-5-11-20)33-32(39)41-18-25-23-14-8-6-12-21(23)22-13-7-9-15-24(22)25/h3-15,25-28H,2,16-19H2,1H3,(H,33,39)(H,37,38)/t26-,27?,28?/m0/s1. The number of carbonyl (C=O) groups excluding carboxylic acids is 3. The van der Waals surface area contributed by atoms with Crippen LogP contribution in [0.3, 0.4) is 0 Å². The van der Waals surface area contributed by atoms with Crippen LogP contribution in [0.2, 0.25) is 0 Å². The molecule has 3 atom stereocenters. The number of carboxylic acid groups (broad SMARTS) is 1. The number of rotatable bonds is 10. The highest BCUT2D eigenvalue weighted by molar-refractivity contribution is 8.00. The van der Waals surface area contributed by atoms with Gasteiger partial charge < -0.3 is 24.8 Å². The van der Waals surface area contributed by atoms with Crippen molar-refractivity contribution in [3.8, 4) is 11.1 Å². The van der Waals surface area contributed by atoms with Crippen molar-refractivity contribution in [3.63, 3.8) is 0 Å². The van der Waals surface area contributed by atoms with E-state index in [1.807, 2.05) is 73.7 Å². The molecular formula is C32H32N2O7S. The molecule has 2 unspecified atom stereocenters. The Morgan fingerprint density at radius 1 is 0.929 bits per heavy atom. The fourth-order valence-corrected chi connectivity index (χ4v) is 6.84. The largest absolute Gasteiger partial charge is 0.480 e. The first-order chi connectivity index (χ1) is 20.4. The monoisotopic (exact) mass is 588 g/mol. The molecule has 1 fully saturated rings. The molecule has 2 N–H and O–H groups in total. The Labute approximate surface area is 248 Å². The van der Waals surface area contributed by atoms with Crippen LogP contribution >= 0.6 is 11.8 Å². The van der Waals surface area contributed by atoms with Crippen molar-refractivity contribution in [1.29, 1.82) is 0 Å². The van der Waals surface area contributed by atoms with Gasteiger partial charge in [-0.05, 0) is 34.2 Å². The third-order valence-corrected chi connectivity index (χ3v) is 8.98. The van der Waals surface area contributed by atoms with Crippen molar-refractivity contribution in [1.82, 2.24) is 10.2 Å². The van der Waals surface area contributed by atoms with Crippen molar-refractivity contribution in [2.75, 3.05) is 12.4 Å². The molecule has 0 bridgehead atoms. The van der Waals surface area contributed by atoms with Crippen LogP contribution in [0.15, 0.2) is 78.9 Å². The highest BCUT2D eigenvalue weighted by Crippen LogP contribution is 2.44. The minimum absolute atomic E-state index is 0.000427. The van der Waals surface area contributed by atoms with E-state index < -0.39 is 47.8 Å². The van der Waals surface area contributed by atoms with E-state index in [4.69, 9.17) is 9.47 Å². The Kier molecular flexibility index (Phi) is 9.12. The normalized spacial score (nSPS) is 18.1. The Bertz CT molecular complexity index is 1420. The molecule has 10 heteroatoms. The molecule has 0 radical (unpaired) electrons. The Balaban J connectivity index is 1.30. The fraction of sp³-hybridized carbons (Fsp3) is 0.312. The number of alkyl carbamates (subject to hydrolysis) is 1. The van der Waals surface area contributed by atoms with Crippen LogP contribution < -0.4 is 5.32 Å². The number of amides is 2. The zero-order valence-electron chi connectivity index (χ0n) is 23.1. The second kappa shape index (κ2) is 13.1. The summed E-state index contributed by atoms with van der Waals surface area (Å²) in [5, 5.41) is 11.9. The van der Waals surface area contributed by atoms with Gasteiger partial charge in [0, 0.05) is 11.7 Å². The molecule has 218 valence electrons. The lowest BCUT2D eigenvalue weighted by atomic mass is 9.98. The van der Waals surface area contributed by atoms with Gasteiger partial charge in [-0.25, -0.2) is 9.59 Å². The molecule has 1 saturated heterocycles. The second-order valence-electron chi connectivity index (χ2n) is 10.2. The molecule has 5 rings (SSSR count). The van der Waals surface area contributed by atoms with Gasteiger partial charge in [0.15, 0.2) is 0 Å². The number of aliphatic carboxylic acids is 1. The van der Waals surface area contributed by atoms with Crippen LogP contribution in [0.4, 0.5) is 4.79 Å². The highest BCUT2D eigenvalue weighted by atomic mass is 32.2. The van der Waals surface area contributed by atoms with Crippen LogP contribution in [0, 0.1) is 0 Å². The molecule has 0 spiro atoms. The Morgan fingerprint density at radius 2 is 1.55 bits per heavy atom. The van der Waals surface area contributed by atoms with E-state index in [-0.39, 0.29) is 24.9 Å². The van der Waals surface area contributed by atoms with E-state index in [0.29, 0.717) is 6.42 Å². The molecule has 2 amide bonds. The molecule has 1 aliphatic heterocycles. The van der Waals surface area contributed by atoms with Crippen LogP contribution in [0.25, 0.3) is 11.1 Å². The zero-order valence-corrected chi connectivity index (χ0v) is 23.9. The van der Waals surface area contributed by atoms with Gasteiger partial charge in [0.05, 0.1) is 11.8 Å². The summed E-state index contributed by atoms with van der Waals surface area (Å²) in [5.74, 6) is -2.48. The topological polar surface area (TPSA) is 122 Å². The van der Waals surface area contributed by atoms with Crippen molar-refractivity contribution in [3.05, 3.63) is 95.6 Å². The Hall–Kier alpha value is -4.31. The molecule has 0 saturated carbocycles. The van der Waals surface area contributed by atoms with E-state index in [2.05, 4.69) is 5.32 Å². The molecule has 3 aromatic rings. The number of carbonyl (C=O) groups is 4. The molecular weight excluding hydrogens is 556 g/mol. The summed E-state index contributed by atoms with van der Waals surface area (Å²) in [6.07, 6.45) is -0.839. The number of hydrogen-bond acceptors (Lipinski definition) is 7. The molecule has 9 nitrogen and oxygen atoms in total. The van der Waals surface area contributed by atoms with Crippen molar-refractivity contribution >= 4 is 35.7 Å². The number of fused-ring (bicyclic) bond motifs is 3. The van der Waals surface area contributed by atoms with Crippen molar-refractivity contribution < 1.29 is 33.8 Å². The van der Waals surface area contributed by atoms with E-state index in [9.17, 15) is 24.3 Å². The van der Waals surface area contributed by atoms with Gasteiger partial charge in [0.1, 0.15) is 25.3 Å². The van der Waals surface area contributed by atoms with Gasteiger partial charge in [0.2, 0.25) is 5.91 Å². The quantitative estimate of drug-likeness (QED) is 0.324. The highest BCUT2D eigenvalue weighted by Gasteiger charge is 2.44. The maximum absolute atomic E-state index is 13.7. The van der Waals surface area contributed by atoms with Crippen LogP contribution in [-0.4, -0.2) is 63.8 Å². The van der Waals surface area contributed by atoms with E-state index in [1.165, 1.54) is 16.7 Å². The van der Waals surface area contributed by atoms with E-state index >= 15 is 0 Å². The molecule has 0 aromatic heterocycles. The van der Waals surface area contributed by atoms with Gasteiger partial charge in [-0.1, -0.05) is 85.8 Å². The first kappa shape index (κ1) is 29.2. The SMILES string of the molecule is CCC1SCC(C(=O)O)N1C(=O)[C@H](CC(=O)OCc1ccccc1)NC(=O)OCC1c2ccccc2-c2ccccc21.